The highest BCUT2D eigenvalue weighted by atomic mass is 35.5. The molecule has 0 radical (unpaired) electrons. The number of rotatable bonds is 5. The number of hydrogen-bond acceptors (Lipinski definition) is 5. The van der Waals surface area contributed by atoms with Crippen LogP contribution in [0.2, 0.25) is 5.02 Å². The van der Waals surface area contributed by atoms with E-state index < -0.39 is 0 Å². The number of nitrogens with zero attached hydrogens (tertiary/aromatic N) is 3. The molecule has 0 saturated carbocycles. The van der Waals surface area contributed by atoms with Gasteiger partial charge in [0, 0.05) is 30.9 Å². The van der Waals surface area contributed by atoms with Crippen LogP contribution in [-0.4, -0.2) is 47.9 Å². The Morgan fingerprint density at radius 2 is 1.81 bits per heavy atom. The second-order valence-electron chi connectivity index (χ2n) is 9.76. The lowest BCUT2D eigenvalue weighted by molar-refractivity contribution is -0.135. The average Bonchev–Trinajstić information content (AvgIpc) is 2.92. The second kappa shape index (κ2) is 10.8. The Morgan fingerprint density at radius 1 is 1.03 bits per heavy atom. The van der Waals surface area contributed by atoms with Gasteiger partial charge in [0.2, 0.25) is 5.91 Å². The largest absolute Gasteiger partial charge is 0.489 e. The number of likely N-dealkylation sites (tertiary alicyclic amines) is 1. The Hall–Kier alpha value is -3.58. The summed E-state index contributed by atoms with van der Waals surface area (Å²) in [7, 11) is 0. The van der Waals surface area contributed by atoms with Crippen LogP contribution in [-0.2, 0) is 4.79 Å². The summed E-state index contributed by atoms with van der Waals surface area (Å²) < 4.78 is 5.99. The molecule has 2 aromatic carbocycles. The maximum atomic E-state index is 13.5. The monoisotopic (exact) mass is 518 g/mol. The third-order valence-corrected chi connectivity index (χ3v) is 7.33. The molecule has 3 aromatic rings. The van der Waals surface area contributed by atoms with Gasteiger partial charge in [-0.25, -0.2) is 4.98 Å². The topological polar surface area (TPSA) is 74.8 Å². The molecule has 0 bridgehead atoms. The summed E-state index contributed by atoms with van der Waals surface area (Å²) in [6.07, 6.45) is 3.44. The molecule has 37 heavy (non-hydrogen) atoms. The molecule has 2 aliphatic heterocycles. The van der Waals surface area contributed by atoms with Gasteiger partial charge in [0.15, 0.2) is 11.6 Å². The van der Waals surface area contributed by atoms with Gasteiger partial charge in [0.25, 0.3) is 5.91 Å². The van der Waals surface area contributed by atoms with Crippen molar-refractivity contribution in [1.82, 2.24) is 9.88 Å². The highest BCUT2D eigenvalue weighted by Gasteiger charge is 2.29. The van der Waals surface area contributed by atoms with Gasteiger partial charge in [-0.05, 0) is 54.7 Å². The summed E-state index contributed by atoms with van der Waals surface area (Å²) in [5.41, 5.74) is 3.11. The molecule has 7 nitrogen and oxygen atoms in total. The van der Waals surface area contributed by atoms with E-state index in [4.69, 9.17) is 16.3 Å². The number of pyridine rings is 1. The van der Waals surface area contributed by atoms with Crippen molar-refractivity contribution in [2.45, 2.75) is 32.6 Å². The lowest BCUT2D eigenvalue weighted by Crippen LogP contribution is -2.40. The van der Waals surface area contributed by atoms with Crippen molar-refractivity contribution in [2.75, 3.05) is 36.5 Å². The number of benzene rings is 2. The van der Waals surface area contributed by atoms with Crippen molar-refractivity contribution >= 4 is 40.6 Å². The Kier molecular flexibility index (Phi) is 7.33. The van der Waals surface area contributed by atoms with E-state index in [1.807, 2.05) is 54.0 Å². The lowest BCUT2D eigenvalue weighted by atomic mass is 9.88. The van der Waals surface area contributed by atoms with Crippen LogP contribution in [0.15, 0.2) is 60.8 Å². The van der Waals surface area contributed by atoms with Gasteiger partial charge in [0.05, 0.1) is 22.8 Å². The van der Waals surface area contributed by atoms with E-state index in [0.717, 1.165) is 42.9 Å². The molecule has 192 valence electrons. The van der Waals surface area contributed by atoms with Crippen molar-refractivity contribution in [3.8, 4) is 5.75 Å². The fraction of sp³-hybridized carbons (Fsp3) is 0.345. The SMILES string of the molecule is CC(C)C(=O)N1CCC(c2ccccc2NC(=O)c2cccc3c2OCCN3c2ncccc2Cl)CC1. The van der Waals surface area contributed by atoms with Crippen LogP contribution in [0.4, 0.5) is 17.2 Å². The fourth-order valence-corrected chi connectivity index (χ4v) is 5.38. The van der Waals surface area contributed by atoms with Gasteiger partial charge in [-0.1, -0.05) is 49.7 Å². The number of aromatic nitrogens is 1. The van der Waals surface area contributed by atoms with Gasteiger partial charge >= 0.3 is 0 Å². The van der Waals surface area contributed by atoms with E-state index in [0.29, 0.717) is 35.3 Å². The van der Waals surface area contributed by atoms with Gasteiger partial charge in [0.1, 0.15) is 6.61 Å². The van der Waals surface area contributed by atoms with E-state index >= 15 is 0 Å². The molecule has 0 unspecified atom stereocenters. The molecule has 0 aliphatic carbocycles. The van der Waals surface area contributed by atoms with Crippen molar-refractivity contribution in [1.29, 1.82) is 0 Å². The smallest absolute Gasteiger partial charge is 0.259 e. The van der Waals surface area contributed by atoms with Gasteiger partial charge in [-0.2, -0.15) is 0 Å². The molecule has 1 saturated heterocycles. The van der Waals surface area contributed by atoms with Crippen LogP contribution >= 0.6 is 11.6 Å². The van der Waals surface area contributed by atoms with Crippen LogP contribution in [0.1, 0.15) is 48.5 Å². The third-order valence-electron chi connectivity index (χ3n) is 7.04. The molecular weight excluding hydrogens is 488 g/mol. The number of halogens is 1. The first-order valence-corrected chi connectivity index (χ1v) is 13.1. The van der Waals surface area contributed by atoms with Crippen LogP contribution in [0.25, 0.3) is 0 Å². The first kappa shape index (κ1) is 25.1. The second-order valence-corrected chi connectivity index (χ2v) is 10.2. The normalized spacial score (nSPS) is 15.8. The molecular formula is C29H31ClN4O3. The van der Waals surface area contributed by atoms with E-state index in [-0.39, 0.29) is 23.7 Å². The zero-order valence-electron chi connectivity index (χ0n) is 21.1. The van der Waals surface area contributed by atoms with E-state index in [2.05, 4.69) is 16.4 Å². The summed E-state index contributed by atoms with van der Waals surface area (Å²) in [6.45, 7) is 6.33. The number of carbonyl (C=O) groups excluding carboxylic acids is 2. The van der Waals surface area contributed by atoms with Crippen LogP contribution in [0.5, 0.6) is 5.75 Å². The molecule has 0 atom stereocenters. The Balaban J connectivity index is 1.37. The van der Waals surface area contributed by atoms with Crippen LogP contribution in [0, 0.1) is 5.92 Å². The fourth-order valence-electron chi connectivity index (χ4n) is 5.16. The summed E-state index contributed by atoms with van der Waals surface area (Å²) in [4.78, 5) is 34.3. The highest BCUT2D eigenvalue weighted by Crippen LogP contribution is 2.41. The number of fused-ring (bicyclic) bond motifs is 1. The Labute approximate surface area is 222 Å². The van der Waals surface area contributed by atoms with E-state index in [1.165, 1.54) is 0 Å². The van der Waals surface area contributed by atoms with Gasteiger partial charge in [-0.15, -0.1) is 0 Å². The van der Waals surface area contributed by atoms with Crippen LogP contribution < -0.4 is 15.0 Å². The molecule has 0 spiro atoms. The quantitative estimate of drug-likeness (QED) is 0.456. The number of carbonyl (C=O) groups is 2. The number of nitrogens with one attached hydrogen (secondary N) is 1. The predicted octanol–water partition coefficient (Wildman–Crippen LogP) is 5.88. The van der Waals surface area contributed by atoms with E-state index in [1.54, 1.807) is 24.4 Å². The minimum Gasteiger partial charge on any atom is -0.489 e. The number of amides is 2. The number of ether oxygens (including phenoxy) is 1. The zero-order chi connectivity index (χ0) is 25.9. The molecule has 1 N–H and O–H groups in total. The summed E-state index contributed by atoms with van der Waals surface area (Å²) in [6, 6.07) is 17.1. The lowest BCUT2D eigenvalue weighted by Gasteiger charge is -2.34. The standard InChI is InChI=1S/C29H31ClN4O3/c1-19(2)29(36)33-15-12-20(13-16-33)21-7-3-4-10-24(21)32-28(35)22-8-5-11-25-26(22)37-18-17-34(25)27-23(30)9-6-14-31-27/h3-11,14,19-20H,12-13,15-18H2,1-2H3,(H,32,35). The van der Waals surface area contributed by atoms with Crippen molar-refractivity contribution in [3.63, 3.8) is 0 Å². The Morgan fingerprint density at radius 3 is 2.57 bits per heavy atom. The molecule has 2 aliphatic rings. The average molecular weight is 519 g/mol. The summed E-state index contributed by atoms with van der Waals surface area (Å²) in [5, 5.41) is 3.67. The molecule has 1 aromatic heterocycles. The summed E-state index contributed by atoms with van der Waals surface area (Å²) >= 11 is 6.42. The zero-order valence-corrected chi connectivity index (χ0v) is 21.9. The van der Waals surface area contributed by atoms with Gasteiger partial charge in [-0.3, -0.25) is 9.59 Å². The predicted molar refractivity (Wildman–Crippen MR) is 146 cm³/mol. The number of piperidine rings is 1. The number of anilines is 3. The number of hydrogen-bond donors (Lipinski definition) is 1. The molecule has 2 amide bonds. The third kappa shape index (κ3) is 5.14. The maximum absolute atomic E-state index is 13.5. The minimum absolute atomic E-state index is 0.00626. The van der Waals surface area contributed by atoms with Crippen molar-refractivity contribution < 1.29 is 14.3 Å². The molecule has 5 rings (SSSR count). The molecule has 8 heteroatoms. The molecule has 1 fully saturated rings. The van der Waals surface area contributed by atoms with E-state index in [9.17, 15) is 9.59 Å². The first-order chi connectivity index (χ1) is 17.9. The summed E-state index contributed by atoms with van der Waals surface area (Å²) in [5.74, 6) is 1.41. The molecule has 3 heterocycles. The maximum Gasteiger partial charge on any atom is 0.259 e. The Bertz CT molecular complexity index is 1300. The van der Waals surface area contributed by atoms with Crippen LogP contribution in [0.3, 0.4) is 0 Å². The number of para-hydroxylation sites is 2. The first-order valence-electron chi connectivity index (χ1n) is 12.8. The minimum atomic E-state index is -0.231. The van der Waals surface area contributed by atoms with Gasteiger partial charge < -0.3 is 19.9 Å². The highest BCUT2D eigenvalue weighted by molar-refractivity contribution is 6.33. The van der Waals surface area contributed by atoms with Crippen molar-refractivity contribution in [2.24, 2.45) is 5.92 Å². The van der Waals surface area contributed by atoms with Crippen molar-refractivity contribution in [3.05, 3.63) is 76.9 Å².